The van der Waals surface area contributed by atoms with Crippen molar-refractivity contribution >= 4 is 29.1 Å². The molecule has 0 unspecified atom stereocenters. The van der Waals surface area contributed by atoms with Crippen LogP contribution in [0.15, 0.2) is 47.0 Å². The van der Waals surface area contributed by atoms with Crippen LogP contribution >= 0.6 is 23.2 Å². The number of carbonyl (C=O) groups excluding carboxylic acids is 1. The van der Waals surface area contributed by atoms with Crippen molar-refractivity contribution in [3.63, 3.8) is 0 Å². The molecule has 0 saturated carbocycles. The van der Waals surface area contributed by atoms with Crippen molar-refractivity contribution in [2.24, 2.45) is 0 Å². The first-order chi connectivity index (χ1) is 12.1. The van der Waals surface area contributed by atoms with Crippen LogP contribution < -0.4 is 10.1 Å². The molecule has 1 amide bonds. The number of amides is 1. The zero-order valence-electron chi connectivity index (χ0n) is 13.1. The minimum atomic E-state index is -0.493. The second-order valence-electron chi connectivity index (χ2n) is 5.07. The number of nitrogens with zero attached hydrogens (tertiary/aromatic N) is 2. The molecule has 0 aliphatic heterocycles. The molecule has 1 heterocycles. The summed E-state index contributed by atoms with van der Waals surface area (Å²) in [5.74, 6) is 0.329. The lowest BCUT2D eigenvalue weighted by atomic mass is 10.2. The van der Waals surface area contributed by atoms with Crippen molar-refractivity contribution in [3.05, 3.63) is 64.0 Å². The molecule has 1 aromatic heterocycles. The van der Waals surface area contributed by atoms with Crippen LogP contribution in [-0.4, -0.2) is 23.2 Å². The molecule has 0 aliphatic rings. The summed E-state index contributed by atoms with van der Waals surface area (Å²) in [5.41, 5.74) is 1.41. The normalized spacial score (nSPS) is 10.5. The molecular formula is C17H13Cl2N3O3. The summed E-state index contributed by atoms with van der Waals surface area (Å²) in [6, 6.07) is 12.2. The molecule has 0 fully saturated rings. The van der Waals surface area contributed by atoms with Gasteiger partial charge in [0.2, 0.25) is 5.82 Å². The Bertz CT molecular complexity index is 912. The van der Waals surface area contributed by atoms with Crippen molar-refractivity contribution in [1.29, 1.82) is 0 Å². The van der Waals surface area contributed by atoms with Crippen LogP contribution in [0.5, 0.6) is 5.75 Å². The summed E-state index contributed by atoms with van der Waals surface area (Å²) in [7, 11) is 1.57. The summed E-state index contributed by atoms with van der Waals surface area (Å²) in [6.45, 7) is 0.214. The molecule has 0 saturated heterocycles. The van der Waals surface area contributed by atoms with E-state index in [9.17, 15) is 4.79 Å². The van der Waals surface area contributed by atoms with Crippen LogP contribution in [0.3, 0.4) is 0 Å². The maximum Gasteiger partial charge on any atom is 0.316 e. The number of carbonyl (C=O) groups is 1. The van der Waals surface area contributed by atoms with Crippen LogP contribution in [0.25, 0.3) is 11.4 Å². The van der Waals surface area contributed by atoms with E-state index in [-0.39, 0.29) is 12.4 Å². The van der Waals surface area contributed by atoms with Crippen molar-refractivity contribution in [2.75, 3.05) is 7.11 Å². The number of methoxy groups -OCH3 is 1. The van der Waals surface area contributed by atoms with Crippen LogP contribution in [0.1, 0.15) is 16.2 Å². The molecule has 25 heavy (non-hydrogen) atoms. The molecule has 2 aromatic carbocycles. The van der Waals surface area contributed by atoms with Gasteiger partial charge in [-0.3, -0.25) is 4.79 Å². The van der Waals surface area contributed by atoms with Gasteiger partial charge in [0.1, 0.15) is 5.75 Å². The fourth-order valence-electron chi connectivity index (χ4n) is 2.11. The highest BCUT2D eigenvalue weighted by Gasteiger charge is 2.16. The molecule has 3 rings (SSSR count). The average Bonchev–Trinajstić information content (AvgIpc) is 3.11. The Morgan fingerprint density at radius 2 is 2.08 bits per heavy atom. The van der Waals surface area contributed by atoms with Gasteiger partial charge in [-0.15, -0.1) is 0 Å². The molecule has 6 nitrogen and oxygen atoms in total. The second kappa shape index (κ2) is 7.55. The van der Waals surface area contributed by atoms with Gasteiger partial charge in [-0.25, -0.2) is 0 Å². The lowest BCUT2D eigenvalue weighted by Gasteiger charge is -2.05. The van der Waals surface area contributed by atoms with Gasteiger partial charge < -0.3 is 14.6 Å². The minimum Gasteiger partial charge on any atom is -0.497 e. The van der Waals surface area contributed by atoms with Crippen molar-refractivity contribution in [3.8, 4) is 17.1 Å². The van der Waals surface area contributed by atoms with Gasteiger partial charge in [-0.05, 0) is 29.8 Å². The third-order valence-corrected chi connectivity index (χ3v) is 3.99. The van der Waals surface area contributed by atoms with Crippen LogP contribution in [0.2, 0.25) is 10.0 Å². The molecule has 0 atom stereocenters. The molecule has 1 N–H and O–H groups in total. The molecule has 0 aliphatic carbocycles. The van der Waals surface area contributed by atoms with Gasteiger partial charge in [0.25, 0.3) is 0 Å². The van der Waals surface area contributed by atoms with E-state index in [1.54, 1.807) is 49.6 Å². The van der Waals surface area contributed by atoms with Gasteiger partial charge in [0.15, 0.2) is 0 Å². The molecule has 0 bridgehead atoms. The van der Waals surface area contributed by atoms with E-state index in [4.69, 9.17) is 32.5 Å². The Morgan fingerprint density at radius 3 is 2.84 bits per heavy atom. The standard InChI is InChI=1S/C17H13Cl2N3O3/c1-24-13-4-2-3-10(7-13)15-21-17(25-22-15)16(23)20-9-11-5-6-12(18)8-14(11)19/h2-8H,9H2,1H3,(H,20,23). The van der Waals surface area contributed by atoms with Crippen LogP contribution in [0, 0.1) is 0 Å². The largest absolute Gasteiger partial charge is 0.497 e. The smallest absolute Gasteiger partial charge is 0.316 e. The van der Waals surface area contributed by atoms with E-state index in [0.29, 0.717) is 27.2 Å². The van der Waals surface area contributed by atoms with E-state index in [2.05, 4.69) is 15.5 Å². The third-order valence-electron chi connectivity index (χ3n) is 3.40. The van der Waals surface area contributed by atoms with Gasteiger partial charge in [-0.2, -0.15) is 4.98 Å². The highest BCUT2D eigenvalue weighted by Crippen LogP contribution is 2.22. The fraction of sp³-hybridized carbons (Fsp3) is 0.118. The number of rotatable bonds is 5. The number of aromatic nitrogens is 2. The first-order valence-corrected chi connectivity index (χ1v) is 8.02. The lowest BCUT2D eigenvalue weighted by molar-refractivity contribution is 0.0907. The summed E-state index contributed by atoms with van der Waals surface area (Å²) in [5, 5.41) is 7.49. The zero-order valence-corrected chi connectivity index (χ0v) is 14.6. The Labute approximate surface area is 153 Å². The Kier molecular flexibility index (Phi) is 5.21. The van der Waals surface area contributed by atoms with E-state index >= 15 is 0 Å². The van der Waals surface area contributed by atoms with Gasteiger partial charge in [0.05, 0.1) is 7.11 Å². The van der Waals surface area contributed by atoms with Crippen molar-refractivity contribution < 1.29 is 14.1 Å². The van der Waals surface area contributed by atoms with Crippen LogP contribution in [-0.2, 0) is 6.54 Å². The summed E-state index contributed by atoms with van der Waals surface area (Å²) >= 11 is 11.9. The number of ether oxygens (including phenoxy) is 1. The minimum absolute atomic E-state index is 0.136. The number of benzene rings is 2. The van der Waals surface area contributed by atoms with Crippen molar-refractivity contribution in [1.82, 2.24) is 15.5 Å². The first-order valence-electron chi connectivity index (χ1n) is 7.27. The monoisotopic (exact) mass is 377 g/mol. The predicted octanol–water partition coefficient (Wildman–Crippen LogP) is 3.98. The molecule has 3 aromatic rings. The topological polar surface area (TPSA) is 77.2 Å². The fourth-order valence-corrected chi connectivity index (χ4v) is 2.59. The SMILES string of the molecule is COc1cccc(-c2noc(C(=O)NCc3ccc(Cl)cc3Cl)n2)c1. The maximum absolute atomic E-state index is 12.2. The number of hydrogen-bond acceptors (Lipinski definition) is 5. The summed E-state index contributed by atoms with van der Waals surface area (Å²) in [6.07, 6.45) is 0. The molecular weight excluding hydrogens is 365 g/mol. The van der Waals surface area contributed by atoms with Gasteiger partial charge >= 0.3 is 11.8 Å². The van der Waals surface area contributed by atoms with E-state index in [0.717, 1.165) is 5.56 Å². The highest BCUT2D eigenvalue weighted by atomic mass is 35.5. The van der Waals surface area contributed by atoms with Crippen LogP contribution in [0.4, 0.5) is 0 Å². The first kappa shape index (κ1) is 17.3. The number of halogens is 2. The Balaban J connectivity index is 1.70. The average molecular weight is 378 g/mol. The highest BCUT2D eigenvalue weighted by molar-refractivity contribution is 6.35. The zero-order chi connectivity index (χ0) is 17.8. The molecule has 128 valence electrons. The summed E-state index contributed by atoms with van der Waals surface area (Å²) < 4.78 is 10.2. The third kappa shape index (κ3) is 4.10. The molecule has 0 radical (unpaired) electrons. The van der Waals surface area contributed by atoms with Gasteiger partial charge in [-0.1, -0.05) is 46.6 Å². The lowest BCUT2D eigenvalue weighted by Crippen LogP contribution is -2.23. The molecule has 0 spiro atoms. The Morgan fingerprint density at radius 1 is 1.24 bits per heavy atom. The number of nitrogens with one attached hydrogen (secondary N) is 1. The molecule has 8 heteroatoms. The second-order valence-corrected chi connectivity index (χ2v) is 5.92. The Hall–Kier alpha value is -2.57. The predicted molar refractivity (Wildman–Crippen MR) is 93.9 cm³/mol. The van der Waals surface area contributed by atoms with E-state index < -0.39 is 5.91 Å². The van der Waals surface area contributed by atoms with E-state index in [1.165, 1.54) is 0 Å². The van der Waals surface area contributed by atoms with Gasteiger partial charge in [0, 0.05) is 22.2 Å². The number of hydrogen-bond donors (Lipinski definition) is 1. The quantitative estimate of drug-likeness (QED) is 0.727. The summed E-state index contributed by atoms with van der Waals surface area (Å²) in [4.78, 5) is 16.3. The van der Waals surface area contributed by atoms with E-state index in [1.807, 2.05) is 0 Å². The maximum atomic E-state index is 12.2. The van der Waals surface area contributed by atoms with Crippen molar-refractivity contribution in [2.45, 2.75) is 6.54 Å².